The van der Waals surface area contributed by atoms with Gasteiger partial charge in [0.25, 0.3) is 5.91 Å². The second-order valence-electron chi connectivity index (χ2n) is 5.37. The molecule has 4 heteroatoms. The highest BCUT2D eigenvalue weighted by Gasteiger charge is 2.12. The zero-order chi connectivity index (χ0) is 16.1. The predicted molar refractivity (Wildman–Crippen MR) is 92.1 cm³/mol. The molecule has 0 saturated carbocycles. The lowest BCUT2D eigenvalue weighted by molar-refractivity contribution is -0.123. The zero-order valence-electron chi connectivity index (χ0n) is 13.0. The molecule has 1 atom stereocenters. The molecule has 0 aliphatic rings. The first-order valence-electron chi connectivity index (χ1n) is 7.21. The highest BCUT2D eigenvalue weighted by atomic mass is 79.9. The number of hydrogen-bond donors (Lipinski definition) is 1. The molecule has 0 aliphatic carbocycles. The highest BCUT2D eigenvalue weighted by molar-refractivity contribution is 9.10. The Kier molecular flexibility index (Phi) is 5.61. The summed E-state index contributed by atoms with van der Waals surface area (Å²) in [5.41, 5.74) is 3.18. The van der Waals surface area contributed by atoms with Crippen molar-refractivity contribution in [3.8, 4) is 5.75 Å². The van der Waals surface area contributed by atoms with Crippen LogP contribution >= 0.6 is 15.9 Å². The smallest absolute Gasteiger partial charge is 0.258 e. The molecule has 0 unspecified atom stereocenters. The third kappa shape index (κ3) is 4.34. The first-order valence-corrected chi connectivity index (χ1v) is 8.00. The lowest BCUT2D eigenvalue weighted by Gasteiger charge is -2.16. The first kappa shape index (κ1) is 16.6. The van der Waals surface area contributed by atoms with E-state index < -0.39 is 0 Å². The molecule has 0 aliphatic heterocycles. The molecule has 0 saturated heterocycles. The summed E-state index contributed by atoms with van der Waals surface area (Å²) in [7, 11) is 0. The van der Waals surface area contributed by atoms with E-state index in [1.54, 1.807) is 0 Å². The van der Waals surface area contributed by atoms with Crippen LogP contribution in [0.1, 0.15) is 29.7 Å². The number of hydrogen-bond acceptors (Lipinski definition) is 2. The van der Waals surface area contributed by atoms with Gasteiger partial charge in [0.05, 0.1) is 6.04 Å². The normalized spacial score (nSPS) is 11.8. The minimum Gasteiger partial charge on any atom is -0.483 e. The molecule has 116 valence electrons. The monoisotopic (exact) mass is 361 g/mol. The summed E-state index contributed by atoms with van der Waals surface area (Å²) in [6.45, 7) is 5.94. The van der Waals surface area contributed by atoms with E-state index in [0.29, 0.717) is 0 Å². The fraction of sp³-hybridized carbons (Fsp3) is 0.278. The number of nitrogens with one attached hydrogen (secondary N) is 1. The molecule has 0 bridgehead atoms. The van der Waals surface area contributed by atoms with Crippen LogP contribution < -0.4 is 10.1 Å². The van der Waals surface area contributed by atoms with Gasteiger partial charge in [-0.3, -0.25) is 4.79 Å². The van der Waals surface area contributed by atoms with Gasteiger partial charge in [-0.25, -0.2) is 0 Å². The van der Waals surface area contributed by atoms with Gasteiger partial charge in [0.2, 0.25) is 0 Å². The van der Waals surface area contributed by atoms with Crippen LogP contribution in [0.2, 0.25) is 0 Å². The van der Waals surface area contributed by atoms with Crippen molar-refractivity contribution in [2.75, 3.05) is 6.61 Å². The van der Waals surface area contributed by atoms with Gasteiger partial charge in [-0.05, 0) is 49.6 Å². The predicted octanol–water partition coefficient (Wildman–Crippen LogP) is 4.32. The number of amides is 1. The average molecular weight is 362 g/mol. The lowest BCUT2D eigenvalue weighted by Crippen LogP contribution is -2.31. The van der Waals surface area contributed by atoms with Crippen LogP contribution in [0.3, 0.4) is 0 Å². The van der Waals surface area contributed by atoms with Crippen molar-refractivity contribution < 1.29 is 9.53 Å². The number of rotatable bonds is 5. The van der Waals surface area contributed by atoms with Crippen LogP contribution in [-0.2, 0) is 4.79 Å². The van der Waals surface area contributed by atoms with Gasteiger partial charge < -0.3 is 10.1 Å². The number of carbonyl (C=O) groups excluding carboxylic acids is 1. The molecule has 2 aromatic rings. The highest BCUT2D eigenvalue weighted by Crippen LogP contribution is 2.23. The van der Waals surface area contributed by atoms with E-state index in [0.717, 1.165) is 26.9 Å². The topological polar surface area (TPSA) is 38.3 Å². The second-order valence-corrected chi connectivity index (χ2v) is 6.22. The maximum Gasteiger partial charge on any atom is 0.258 e. The summed E-state index contributed by atoms with van der Waals surface area (Å²) < 4.78 is 6.61. The van der Waals surface area contributed by atoms with Gasteiger partial charge in [0.15, 0.2) is 6.61 Å². The van der Waals surface area contributed by atoms with Gasteiger partial charge in [0, 0.05) is 4.47 Å². The molecule has 0 radical (unpaired) electrons. The van der Waals surface area contributed by atoms with Crippen LogP contribution in [0, 0.1) is 13.8 Å². The molecule has 3 nitrogen and oxygen atoms in total. The molecule has 1 amide bonds. The third-order valence-corrected chi connectivity index (χ3v) is 4.17. The maximum absolute atomic E-state index is 12.1. The molecule has 0 heterocycles. The van der Waals surface area contributed by atoms with E-state index in [1.807, 2.05) is 63.2 Å². The summed E-state index contributed by atoms with van der Waals surface area (Å²) in [6, 6.07) is 13.7. The Labute approximate surface area is 139 Å². The van der Waals surface area contributed by atoms with Crippen molar-refractivity contribution >= 4 is 21.8 Å². The Bertz CT molecular complexity index is 670. The molecule has 22 heavy (non-hydrogen) atoms. The number of aryl methyl sites for hydroxylation is 2. The van der Waals surface area contributed by atoms with Crippen molar-refractivity contribution in [1.29, 1.82) is 0 Å². The van der Waals surface area contributed by atoms with E-state index in [9.17, 15) is 4.79 Å². The fourth-order valence-corrected chi connectivity index (χ4v) is 2.82. The summed E-state index contributed by atoms with van der Waals surface area (Å²) in [4.78, 5) is 12.1. The molecular formula is C18H20BrNO2. The Hall–Kier alpha value is -1.81. The van der Waals surface area contributed by atoms with E-state index >= 15 is 0 Å². The van der Waals surface area contributed by atoms with E-state index in [-0.39, 0.29) is 18.6 Å². The summed E-state index contributed by atoms with van der Waals surface area (Å²) >= 11 is 3.50. The minimum absolute atomic E-state index is 0.0130. The molecule has 2 aromatic carbocycles. The summed E-state index contributed by atoms with van der Waals surface area (Å²) in [5, 5.41) is 2.95. The summed E-state index contributed by atoms with van der Waals surface area (Å²) in [6.07, 6.45) is 0. The van der Waals surface area contributed by atoms with Gasteiger partial charge >= 0.3 is 0 Å². The third-order valence-electron chi connectivity index (χ3n) is 3.45. The number of ether oxygens (including phenoxy) is 1. The van der Waals surface area contributed by atoms with Crippen molar-refractivity contribution in [3.63, 3.8) is 0 Å². The van der Waals surface area contributed by atoms with Crippen LogP contribution in [0.4, 0.5) is 0 Å². The number of benzene rings is 2. The van der Waals surface area contributed by atoms with Crippen molar-refractivity contribution in [2.45, 2.75) is 26.8 Å². The van der Waals surface area contributed by atoms with E-state index in [1.165, 1.54) is 0 Å². The molecule has 0 fully saturated rings. The number of halogens is 1. The van der Waals surface area contributed by atoms with Crippen molar-refractivity contribution in [1.82, 2.24) is 5.32 Å². The molecule has 0 aromatic heterocycles. The Balaban J connectivity index is 1.93. The van der Waals surface area contributed by atoms with Crippen LogP contribution in [0.15, 0.2) is 46.9 Å². The van der Waals surface area contributed by atoms with E-state index in [2.05, 4.69) is 21.2 Å². The van der Waals surface area contributed by atoms with Crippen molar-refractivity contribution in [3.05, 3.63) is 63.6 Å². The van der Waals surface area contributed by atoms with Gasteiger partial charge in [0.1, 0.15) is 5.75 Å². The molecule has 2 rings (SSSR count). The zero-order valence-corrected chi connectivity index (χ0v) is 14.6. The Morgan fingerprint density at radius 3 is 2.68 bits per heavy atom. The van der Waals surface area contributed by atoms with Gasteiger partial charge in [-0.15, -0.1) is 0 Å². The van der Waals surface area contributed by atoms with Crippen LogP contribution in [0.5, 0.6) is 5.75 Å². The van der Waals surface area contributed by atoms with Crippen LogP contribution in [0.25, 0.3) is 0 Å². The van der Waals surface area contributed by atoms with Crippen molar-refractivity contribution in [2.24, 2.45) is 0 Å². The largest absolute Gasteiger partial charge is 0.483 e. The molecular weight excluding hydrogens is 342 g/mol. The fourth-order valence-electron chi connectivity index (χ4n) is 2.19. The van der Waals surface area contributed by atoms with E-state index in [4.69, 9.17) is 4.74 Å². The minimum atomic E-state index is -0.135. The summed E-state index contributed by atoms with van der Waals surface area (Å²) in [5.74, 6) is 0.618. The standard InChI is InChI=1S/C18H20BrNO2/c1-12-8-9-13(2)17(10-12)22-11-18(21)20-14(3)15-6-4-5-7-16(15)19/h4-10,14H,11H2,1-3H3,(H,20,21)/t14-/m1/s1. The lowest BCUT2D eigenvalue weighted by atomic mass is 10.1. The van der Waals surface area contributed by atoms with Gasteiger partial charge in [-0.1, -0.05) is 46.3 Å². The molecule has 0 spiro atoms. The SMILES string of the molecule is Cc1ccc(C)c(OCC(=O)N[C@H](C)c2ccccc2Br)c1. The quantitative estimate of drug-likeness (QED) is 0.860. The van der Waals surface area contributed by atoms with Crippen LogP contribution in [-0.4, -0.2) is 12.5 Å². The second kappa shape index (κ2) is 7.45. The Morgan fingerprint density at radius 1 is 1.23 bits per heavy atom. The molecule has 1 N–H and O–H groups in total. The maximum atomic E-state index is 12.1. The number of carbonyl (C=O) groups is 1. The Morgan fingerprint density at radius 2 is 1.95 bits per heavy atom. The first-order chi connectivity index (χ1) is 10.5. The average Bonchev–Trinajstić information content (AvgIpc) is 2.48. The van der Waals surface area contributed by atoms with Gasteiger partial charge in [-0.2, -0.15) is 0 Å².